The lowest BCUT2D eigenvalue weighted by Gasteiger charge is -2.29. The number of nitrogens with one attached hydrogen (secondary N) is 1. The van der Waals surface area contributed by atoms with Gasteiger partial charge in [-0.3, -0.25) is 9.36 Å². The normalized spacial score (nSPS) is 14.4. The van der Waals surface area contributed by atoms with Crippen molar-refractivity contribution in [2.75, 3.05) is 40.9 Å². The Morgan fingerprint density at radius 3 is 1.39 bits per heavy atom. The third-order valence-electron chi connectivity index (χ3n) is 10.5. The Morgan fingerprint density at radius 2 is 1.00 bits per heavy atom. The van der Waals surface area contributed by atoms with Crippen LogP contribution in [0.2, 0.25) is 0 Å². The Balaban J connectivity index is 3.92. The number of amides is 1. The Labute approximate surface area is 335 Å². The van der Waals surface area contributed by atoms with E-state index in [1.54, 1.807) is 6.08 Å². The molecule has 0 saturated heterocycles. The molecule has 3 atom stereocenters. The molecule has 9 heteroatoms. The molecule has 0 aromatic carbocycles. The van der Waals surface area contributed by atoms with Gasteiger partial charge < -0.3 is 28.8 Å². The van der Waals surface area contributed by atoms with E-state index < -0.39 is 20.0 Å². The monoisotopic (exact) mass is 787 g/mol. The third-order valence-corrected chi connectivity index (χ3v) is 11.5. The molecule has 0 fully saturated rings. The highest BCUT2D eigenvalue weighted by molar-refractivity contribution is 7.45. The highest BCUT2D eigenvalue weighted by Gasteiger charge is 2.23. The van der Waals surface area contributed by atoms with Crippen LogP contribution in [0.25, 0.3) is 0 Å². The van der Waals surface area contributed by atoms with Crippen LogP contribution in [0.5, 0.6) is 0 Å². The van der Waals surface area contributed by atoms with Gasteiger partial charge in [-0.15, -0.1) is 0 Å². The van der Waals surface area contributed by atoms with Gasteiger partial charge in [0, 0.05) is 6.42 Å². The van der Waals surface area contributed by atoms with Gasteiger partial charge in [0.25, 0.3) is 7.82 Å². The highest BCUT2D eigenvalue weighted by atomic mass is 31.2. The molecule has 2 N–H and O–H groups in total. The number of quaternary nitrogens is 1. The van der Waals surface area contributed by atoms with Crippen LogP contribution in [-0.2, 0) is 18.4 Å². The van der Waals surface area contributed by atoms with Crippen LogP contribution in [-0.4, -0.2) is 68.5 Å². The highest BCUT2D eigenvalue weighted by Crippen LogP contribution is 2.38. The van der Waals surface area contributed by atoms with Crippen LogP contribution in [0, 0.1) is 0 Å². The SMILES string of the molecule is CCCCCCCCCCCCCCCCCCCCCCCCCCCC/C=C/C(O)C(COP(=O)([O-])OCC[N+](C)(C)C)NC(=O)CCCCCC. The molecular weight excluding hydrogens is 695 g/mol. The van der Waals surface area contributed by atoms with Gasteiger partial charge in [-0.25, -0.2) is 0 Å². The Hall–Kier alpha value is -0.760. The maximum absolute atomic E-state index is 12.5. The van der Waals surface area contributed by atoms with Gasteiger partial charge in [-0.2, -0.15) is 0 Å². The average Bonchev–Trinajstić information content (AvgIpc) is 3.12. The number of rotatable bonds is 42. The lowest BCUT2D eigenvalue weighted by atomic mass is 10.0. The predicted molar refractivity (Wildman–Crippen MR) is 229 cm³/mol. The number of aliphatic hydroxyl groups excluding tert-OH is 1. The Kier molecular flexibility index (Phi) is 37.3. The number of aliphatic hydroxyl groups is 1. The predicted octanol–water partition coefficient (Wildman–Crippen LogP) is 12.1. The average molecular weight is 787 g/mol. The van der Waals surface area contributed by atoms with E-state index >= 15 is 0 Å². The van der Waals surface area contributed by atoms with Crippen molar-refractivity contribution in [2.24, 2.45) is 0 Å². The first-order chi connectivity index (χ1) is 26.0. The summed E-state index contributed by atoms with van der Waals surface area (Å²) in [7, 11) is 1.26. The number of phosphoric ester groups is 1. The van der Waals surface area contributed by atoms with Crippen LogP contribution in [0.15, 0.2) is 12.2 Å². The van der Waals surface area contributed by atoms with Gasteiger partial charge in [0.2, 0.25) is 5.91 Å². The first-order valence-electron chi connectivity index (χ1n) is 23.1. The second-order valence-corrected chi connectivity index (χ2v) is 18.5. The summed E-state index contributed by atoms with van der Waals surface area (Å²) < 4.78 is 23.0. The van der Waals surface area contributed by atoms with Crippen molar-refractivity contribution < 1.29 is 32.9 Å². The minimum atomic E-state index is -4.57. The quantitative estimate of drug-likeness (QED) is 0.0276. The topological polar surface area (TPSA) is 108 Å². The van der Waals surface area contributed by atoms with Crippen molar-refractivity contribution in [2.45, 2.75) is 231 Å². The van der Waals surface area contributed by atoms with Crippen molar-refractivity contribution in [3.05, 3.63) is 12.2 Å². The first kappa shape index (κ1) is 53.2. The number of hydrogen-bond acceptors (Lipinski definition) is 6. The maximum atomic E-state index is 12.5. The number of carbonyl (C=O) groups excluding carboxylic acids is 1. The van der Waals surface area contributed by atoms with Crippen LogP contribution < -0.4 is 10.2 Å². The molecule has 0 bridgehead atoms. The summed E-state index contributed by atoms with van der Waals surface area (Å²) in [6.07, 6.45) is 43.5. The van der Waals surface area contributed by atoms with Crippen molar-refractivity contribution in [1.29, 1.82) is 0 Å². The van der Waals surface area contributed by atoms with Crippen molar-refractivity contribution in [1.82, 2.24) is 5.32 Å². The lowest BCUT2D eigenvalue weighted by Crippen LogP contribution is -2.45. The van der Waals surface area contributed by atoms with Gasteiger partial charge in [0.1, 0.15) is 13.2 Å². The standard InChI is InChI=1S/C45H91N2O6P/c1-6-8-10-12-13-14-15-16-17-18-19-20-21-22-23-24-25-26-27-28-29-30-31-32-33-34-35-36-38-44(48)43(46-45(49)39-37-11-9-7-2)42-53-54(50,51)52-41-40-47(3,4)5/h36,38,43-44,48H,6-35,37,39-42H2,1-5H3,(H-,46,49,50,51)/b38-36+. The van der Waals surface area contributed by atoms with E-state index in [9.17, 15) is 19.4 Å². The van der Waals surface area contributed by atoms with Gasteiger partial charge in [-0.1, -0.05) is 206 Å². The van der Waals surface area contributed by atoms with Crippen LogP contribution in [0.3, 0.4) is 0 Å². The van der Waals surface area contributed by atoms with Crippen LogP contribution in [0.4, 0.5) is 0 Å². The first-order valence-corrected chi connectivity index (χ1v) is 24.5. The van der Waals surface area contributed by atoms with Gasteiger partial charge in [0.15, 0.2) is 0 Å². The summed E-state index contributed by atoms with van der Waals surface area (Å²) in [5, 5.41) is 13.6. The molecule has 54 heavy (non-hydrogen) atoms. The van der Waals surface area contributed by atoms with Gasteiger partial charge in [-0.05, 0) is 19.3 Å². The van der Waals surface area contributed by atoms with E-state index in [0.29, 0.717) is 17.4 Å². The summed E-state index contributed by atoms with van der Waals surface area (Å²) in [5.41, 5.74) is 0. The maximum Gasteiger partial charge on any atom is 0.268 e. The van der Waals surface area contributed by atoms with Gasteiger partial charge >= 0.3 is 0 Å². The molecule has 1 amide bonds. The van der Waals surface area contributed by atoms with E-state index in [1.165, 1.54) is 154 Å². The van der Waals surface area contributed by atoms with E-state index in [0.717, 1.165) is 44.9 Å². The molecule has 8 nitrogen and oxygen atoms in total. The van der Waals surface area contributed by atoms with E-state index in [-0.39, 0.29) is 19.1 Å². The fourth-order valence-corrected chi connectivity index (χ4v) is 7.52. The number of nitrogens with zero attached hydrogens (tertiary/aromatic N) is 1. The fraction of sp³-hybridized carbons (Fsp3) is 0.933. The van der Waals surface area contributed by atoms with Crippen molar-refractivity contribution in [3.8, 4) is 0 Å². The zero-order chi connectivity index (χ0) is 40.0. The Morgan fingerprint density at radius 1 is 0.630 bits per heavy atom. The lowest BCUT2D eigenvalue weighted by molar-refractivity contribution is -0.870. The molecule has 0 aliphatic rings. The molecular formula is C45H91N2O6P. The zero-order valence-electron chi connectivity index (χ0n) is 36.4. The smallest absolute Gasteiger partial charge is 0.268 e. The van der Waals surface area contributed by atoms with Crippen LogP contribution >= 0.6 is 7.82 Å². The molecule has 0 spiro atoms. The minimum absolute atomic E-state index is 0.000814. The summed E-state index contributed by atoms with van der Waals surface area (Å²) in [6, 6.07) is -0.877. The number of carbonyl (C=O) groups is 1. The second-order valence-electron chi connectivity index (χ2n) is 17.1. The molecule has 0 radical (unpaired) electrons. The van der Waals surface area contributed by atoms with Crippen molar-refractivity contribution in [3.63, 3.8) is 0 Å². The van der Waals surface area contributed by atoms with E-state index in [4.69, 9.17) is 9.05 Å². The number of likely N-dealkylation sites (N-methyl/N-ethyl adjacent to an activating group) is 1. The summed E-state index contributed by atoms with van der Waals surface area (Å²) >= 11 is 0. The second kappa shape index (κ2) is 37.8. The molecule has 0 aromatic rings. The molecule has 0 heterocycles. The Bertz CT molecular complexity index is 896. The third kappa shape index (κ3) is 39.5. The fourth-order valence-electron chi connectivity index (χ4n) is 6.80. The van der Waals surface area contributed by atoms with Crippen LogP contribution in [0.1, 0.15) is 219 Å². The number of allylic oxidation sites excluding steroid dienone is 1. The molecule has 3 unspecified atom stereocenters. The number of unbranched alkanes of at least 4 members (excludes halogenated alkanes) is 29. The molecule has 0 rings (SSSR count). The molecule has 0 saturated carbocycles. The van der Waals surface area contributed by atoms with Gasteiger partial charge in [0.05, 0.1) is 39.9 Å². The summed E-state index contributed by atoms with van der Waals surface area (Å²) in [6.45, 7) is 4.53. The molecule has 0 aliphatic heterocycles. The molecule has 322 valence electrons. The number of phosphoric acid groups is 1. The zero-order valence-corrected chi connectivity index (χ0v) is 37.3. The minimum Gasteiger partial charge on any atom is -0.756 e. The van der Waals surface area contributed by atoms with E-state index in [2.05, 4.69) is 19.2 Å². The summed E-state index contributed by atoms with van der Waals surface area (Å²) in [5.74, 6) is -0.214. The number of hydrogen-bond donors (Lipinski definition) is 2. The largest absolute Gasteiger partial charge is 0.756 e. The molecule has 0 aromatic heterocycles. The molecule has 0 aliphatic carbocycles. The van der Waals surface area contributed by atoms with E-state index in [1.807, 2.05) is 27.2 Å². The summed E-state index contributed by atoms with van der Waals surface area (Å²) in [4.78, 5) is 24.9. The van der Waals surface area contributed by atoms with Crippen molar-refractivity contribution >= 4 is 13.7 Å².